The van der Waals surface area contributed by atoms with Crippen LogP contribution < -0.4 is 0 Å². The summed E-state index contributed by atoms with van der Waals surface area (Å²) >= 11 is 0. The monoisotopic (exact) mass is 570 g/mol. The molecular weight excluding hydrogens is 527 g/mol. The van der Waals surface area contributed by atoms with E-state index in [1.165, 1.54) is 12.2 Å². The first kappa shape index (κ1) is 28.8. The number of rotatable bonds is 6. The van der Waals surface area contributed by atoms with Crippen LogP contribution in [0.25, 0.3) is 0 Å². The molecule has 0 spiro atoms. The Morgan fingerprint density at radius 1 is 1.00 bits per heavy atom. The van der Waals surface area contributed by atoms with Gasteiger partial charge in [0.1, 0.15) is 11.7 Å². The largest absolute Gasteiger partial charge is 0.459 e. The van der Waals surface area contributed by atoms with Gasteiger partial charge in [0.05, 0.1) is 11.8 Å². The van der Waals surface area contributed by atoms with Gasteiger partial charge in [-0.05, 0) is 82.3 Å². The fraction of sp³-hybridized carbons (Fsp3) is 0.758. The van der Waals surface area contributed by atoms with Gasteiger partial charge in [-0.1, -0.05) is 44.8 Å². The zero-order valence-electron chi connectivity index (χ0n) is 24.5. The topological polar surface area (TPSA) is 107 Å². The van der Waals surface area contributed by atoms with E-state index in [1.54, 1.807) is 13.0 Å². The highest BCUT2D eigenvalue weighted by atomic mass is 19.1. The van der Waals surface area contributed by atoms with E-state index in [0.29, 0.717) is 37.7 Å². The molecule has 0 amide bonds. The lowest BCUT2D eigenvalue weighted by atomic mass is 9.44. The Hall–Kier alpha value is -2.35. The van der Waals surface area contributed by atoms with Crippen molar-refractivity contribution in [2.75, 3.05) is 6.61 Å². The molecule has 0 aromatic heterocycles. The number of aliphatic hydroxyl groups is 1. The highest BCUT2D eigenvalue weighted by Gasteiger charge is 2.76. The van der Waals surface area contributed by atoms with Crippen LogP contribution in [0.3, 0.4) is 0 Å². The molecule has 6 aliphatic rings. The first-order valence-electron chi connectivity index (χ1n) is 15.6. The molecule has 5 fully saturated rings. The predicted octanol–water partition coefficient (Wildman–Crippen LogP) is 4.99. The first-order valence-corrected chi connectivity index (χ1v) is 15.6. The smallest absolute Gasteiger partial charge is 0.309 e. The van der Waals surface area contributed by atoms with Crippen molar-refractivity contribution < 1.29 is 38.1 Å². The average molecular weight is 571 g/mol. The van der Waals surface area contributed by atoms with E-state index >= 15 is 4.39 Å². The molecule has 7 nitrogen and oxygen atoms in total. The molecule has 2 unspecified atom stereocenters. The number of ether oxygens (including phenoxy) is 2. The molecule has 224 valence electrons. The van der Waals surface area contributed by atoms with Gasteiger partial charge in [-0.15, -0.1) is 0 Å². The molecule has 0 aliphatic heterocycles. The lowest BCUT2D eigenvalue weighted by Crippen LogP contribution is -2.70. The summed E-state index contributed by atoms with van der Waals surface area (Å²) in [6.07, 6.45) is 10.6. The summed E-state index contributed by atoms with van der Waals surface area (Å²) in [4.78, 5) is 51.9. The molecule has 41 heavy (non-hydrogen) atoms. The van der Waals surface area contributed by atoms with Crippen molar-refractivity contribution in [1.29, 1.82) is 0 Å². The minimum Gasteiger partial charge on any atom is -0.459 e. The van der Waals surface area contributed by atoms with Gasteiger partial charge in [0.15, 0.2) is 18.1 Å². The van der Waals surface area contributed by atoms with Crippen molar-refractivity contribution in [3.8, 4) is 0 Å². The zero-order chi connectivity index (χ0) is 29.4. The van der Waals surface area contributed by atoms with Crippen LogP contribution in [0.1, 0.15) is 91.4 Å². The van der Waals surface area contributed by atoms with Gasteiger partial charge in [0.25, 0.3) is 0 Å². The van der Waals surface area contributed by atoms with Crippen LogP contribution in [-0.2, 0) is 28.7 Å². The highest BCUT2D eigenvalue weighted by Crippen LogP contribution is 2.71. The summed E-state index contributed by atoms with van der Waals surface area (Å²) in [6, 6.07) is 0. The number of esters is 2. The van der Waals surface area contributed by atoms with Crippen LogP contribution in [0.2, 0.25) is 0 Å². The minimum atomic E-state index is -2.01. The molecule has 1 N–H and O–H groups in total. The number of alkyl halides is 1. The molecule has 0 saturated heterocycles. The van der Waals surface area contributed by atoms with Crippen LogP contribution in [0.15, 0.2) is 23.8 Å². The van der Waals surface area contributed by atoms with Crippen molar-refractivity contribution in [3.05, 3.63) is 23.8 Å². The SMILES string of the molecule is CC1C[C@H]2[C@@H]3CCC4=CC(=O)C=C[C@]4(C)[C@@]3(F)C(OC(=O)C3CC3)C[C@]2(C)[C@@]1(O)C(=O)COC(=O)C1CCCCC1. The van der Waals surface area contributed by atoms with Crippen LogP contribution in [0, 0.1) is 40.4 Å². The second-order valence-electron chi connectivity index (χ2n) is 14.2. The number of hydrogen-bond donors (Lipinski definition) is 1. The number of fused-ring (bicyclic) bond motifs is 5. The molecule has 5 saturated carbocycles. The third kappa shape index (κ3) is 4.13. The Morgan fingerprint density at radius 3 is 2.37 bits per heavy atom. The van der Waals surface area contributed by atoms with Gasteiger partial charge >= 0.3 is 11.9 Å². The number of ketones is 2. The van der Waals surface area contributed by atoms with Gasteiger partial charge in [-0.2, -0.15) is 0 Å². The fourth-order valence-electron chi connectivity index (χ4n) is 9.49. The normalized spacial score (nSPS) is 43.8. The maximum absolute atomic E-state index is 18.1. The Labute approximate surface area is 241 Å². The van der Waals surface area contributed by atoms with Crippen LogP contribution in [0.4, 0.5) is 4.39 Å². The molecule has 6 rings (SSSR count). The Kier molecular flexibility index (Phi) is 6.91. The third-order valence-electron chi connectivity index (χ3n) is 12.1. The summed E-state index contributed by atoms with van der Waals surface area (Å²) in [5, 5.41) is 12.3. The standard InChI is InChI=1S/C33H43FO7/c1-19-15-25-24-12-11-22-16-23(35)13-14-30(22,2)32(24,34)27(41-29(38)21-9-10-21)17-31(25,3)33(19,39)26(36)18-40-28(37)20-7-5-4-6-8-20/h13-14,16,19-21,24-25,27,39H,4-12,15,17-18H2,1-3H3/t19?,24-,25-,27?,30-,31-,32-,33-/m0/s1. The summed E-state index contributed by atoms with van der Waals surface area (Å²) in [5.74, 6) is -3.52. The van der Waals surface area contributed by atoms with Crippen molar-refractivity contribution in [2.24, 2.45) is 40.4 Å². The Balaban J connectivity index is 1.33. The van der Waals surface area contributed by atoms with Crippen molar-refractivity contribution in [2.45, 2.75) is 109 Å². The van der Waals surface area contributed by atoms with Crippen LogP contribution >= 0.6 is 0 Å². The van der Waals surface area contributed by atoms with E-state index in [0.717, 1.165) is 32.1 Å². The maximum atomic E-state index is 18.1. The number of carbonyl (C=O) groups excluding carboxylic acids is 4. The Bertz CT molecular complexity index is 1210. The molecule has 6 aliphatic carbocycles. The molecule has 0 aromatic rings. The maximum Gasteiger partial charge on any atom is 0.309 e. The summed E-state index contributed by atoms with van der Waals surface area (Å²) in [6.45, 7) is 4.90. The molecule has 0 aromatic carbocycles. The van der Waals surface area contributed by atoms with Crippen molar-refractivity contribution in [1.82, 2.24) is 0 Å². The lowest BCUT2D eigenvalue weighted by Gasteiger charge is -2.63. The van der Waals surface area contributed by atoms with E-state index in [-0.39, 0.29) is 30.0 Å². The van der Waals surface area contributed by atoms with Gasteiger partial charge in [0, 0.05) is 16.7 Å². The van der Waals surface area contributed by atoms with Gasteiger partial charge in [0.2, 0.25) is 5.78 Å². The van der Waals surface area contributed by atoms with Crippen LogP contribution in [-0.4, -0.2) is 52.6 Å². The van der Waals surface area contributed by atoms with Gasteiger partial charge in [-0.25, -0.2) is 4.39 Å². The molecule has 0 radical (unpaired) electrons. The van der Waals surface area contributed by atoms with Crippen LogP contribution in [0.5, 0.6) is 0 Å². The summed E-state index contributed by atoms with van der Waals surface area (Å²) < 4.78 is 29.6. The van der Waals surface area contributed by atoms with Gasteiger partial charge < -0.3 is 14.6 Å². The average Bonchev–Trinajstić information content (AvgIpc) is 3.78. The van der Waals surface area contributed by atoms with E-state index < -0.39 is 64.4 Å². The van der Waals surface area contributed by atoms with Crippen molar-refractivity contribution >= 4 is 23.5 Å². The van der Waals surface area contributed by atoms with Gasteiger partial charge in [-0.3, -0.25) is 19.2 Å². The lowest BCUT2D eigenvalue weighted by molar-refractivity contribution is -0.231. The Morgan fingerprint density at radius 2 is 1.68 bits per heavy atom. The second kappa shape index (κ2) is 9.85. The summed E-state index contributed by atoms with van der Waals surface area (Å²) in [7, 11) is 0. The predicted molar refractivity (Wildman–Crippen MR) is 147 cm³/mol. The van der Waals surface area contributed by atoms with E-state index in [9.17, 15) is 24.3 Å². The fourth-order valence-corrected chi connectivity index (χ4v) is 9.49. The number of halogens is 1. The minimum absolute atomic E-state index is 0.0308. The first-order chi connectivity index (χ1) is 19.4. The number of allylic oxidation sites excluding steroid dienone is 4. The van der Waals surface area contributed by atoms with E-state index in [4.69, 9.17) is 9.47 Å². The molecule has 0 bridgehead atoms. The number of Topliss-reactive ketones (excluding diaryl/α,β-unsaturated/α-hetero) is 1. The molecule has 8 atom stereocenters. The number of carbonyl (C=O) groups is 4. The molecular formula is C33H43FO7. The number of hydrogen-bond acceptors (Lipinski definition) is 7. The quantitative estimate of drug-likeness (QED) is 0.449. The highest BCUT2D eigenvalue weighted by molar-refractivity contribution is 6.01. The van der Waals surface area contributed by atoms with Crippen molar-refractivity contribution in [3.63, 3.8) is 0 Å². The molecule has 0 heterocycles. The zero-order valence-corrected chi connectivity index (χ0v) is 24.5. The van der Waals surface area contributed by atoms with E-state index in [1.807, 2.05) is 13.8 Å². The summed E-state index contributed by atoms with van der Waals surface area (Å²) in [5.41, 5.74) is -5.42. The third-order valence-corrected chi connectivity index (χ3v) is 12.1. The second-order valence-corrected chi connectivity index (χ2v) is 14.2. The van der Waals surface area contributed by atoms with E-state index in [2.05, 4.69) is 0 Å². The molecule has 8 heteroatoms.